The van der Waals surface area contributed by atoms with Gasteiger partial charge in [0.05, 0.1) is 6.54 Å². The maximum absolute atomic E-state index is 12.2. The summed E-state index contributed by atoms with van der Waals surface area (Å²) in [6.07, 6.45) is 0.814. The van der Waals surface area contributed by atoms with Crippen molar-refractivity contribution in [3.8, 4) is 0 Å². The van der Waals surface area contributed by atoms with E-state index in [1.165, 1.54) is 0 Å². The minimum absolute atomic E-state index is 0.0299. The van der Waals surface area contributed by atoms with Gasteiger partial charge in [0.1, 0.15) is 0 Å². The molecule has 18 heavy (non-hydrogen) atoms. The van der Waals surface area contributed by atoms with E-state index in [4.69, 9.17) is 10.9 Å². The lowest BCUT2D eigenvalue weighted by Crippen LogP contribution is -2.39. The second-order valence-electron chi connectivity index (χ2n) is 3.82. The fraction of sp³-hybridized carbons (Fsp3) is 0.333. The van der Waals surface area contributed by atoms with Crippen LogP contribution in [0.3, 0.4) is 0 Å². The van der Waals surface area contributed by atoms with Crippen molar-refractivity contribution < 1.29 is 10.0 Å². The van der Waals surface area contributed by atoms with Gasteiger partial charge in [-0.15, -0.1) is 0 Å². The Morgan fingerprint density at radius 3 is 2.56 bits per heavy atom. The lowest BCUT2D eigenvalue weighted by molar-refractivity contribution is 0.0778. The van der Waals surface area contributed by atoms with Gasteiger partial charge >= 0.3 is 0 Å². The summed E-state index contributed by atoms with van der Waals surface area (Å²) in [6, 6.07) is 7.31. The quantitative estimate of drug-likeness (QED) is 0.276. The van der Waals surface area contributed by atoms with Gasteiger partial charge in [-0.25, -0.2) is 0 Å². The van der Waals surface area contributed by atoms with E-state index in [9.17, 15) is 4.79 Å². The van der Waals surface area contributed by atoms with Crippen molar-refractivity contribution in [3.05, 3.63) is 33.4 Å². The molecule has 6 heteroatoms. The van der Waals surface area contributed by atoms with Gasteiger partial charge in [0.15, 0.2) is 5.84 Å². The van der Waals surface area contributed by atoms with Crippen molar-refractivity contribution >= 4 is 34.3 Å². The highest BCUT2D eigenvalue weighted by Gasteiger charge is 2.16. The maximum atomic E-state index is 12.2. The Labute approximate surface area is 120 Å². The SMILES string of the molecule is CCCN(C/C(N)=N/O)C(=O)c1ccc(I)cc1. The first-order chi connectivity index (χ1) is 8.58. The molecule has 0 aliphatic carbocycles. The first kappa shape index (κ1) is 14.7. The van der Waals surface area contributed by atoms with Crippen LogP contribution < -0.4 is 5.73 Å². The largest absolute Gasteiger partial charge is 0.409 e. The number of halogens is 1. The lowest BCUT2D eigenvalue weighted by atomic mass is 10.2. The summed E-state index contributed by atoms with van der Waals surface area (Å²) in [6.45, 7) is 2.68. The van der Waals surface area contributed by atoms with Gasteiger partial charge < -0.3 is 15.8 Å². The molecule has 0 saturated heterocycles. The molecule has 3 N–H and O–H groups in total. The molecule has 98 valence electrons. The topological polar surface area (TPSA) is 78.9 Å². The zero-order valence-electron chi connectivity index (χ0n) is 10.1. The highest BCUT2D eigenvalue weighted by molar-refractivity contribution is 14.1. The van der Waals surface area contributed by atoms with Gasteiger partial charge in [-0.3, -0.25) is 4.79 Å². The van der Waals surface area contributed by atoms with Crippen LogP contribution in [0.4, 0.5) is 0 Å². The summed E-state index contributed by atoms with van der Waals surface area (Å²) in [5, 5.41) is 11.5. The first-order valence-corrected chi connectivity index (χ1v) is 6.67. The van der Waals surface area contributed by atoms with Gasteiger partial charge in [0.2, 0.25) is 0 Å². The molecule has 0 bridgehead atoms. The van der Waals surface area contributed by atoms with Gasteiger partial charge in [-0.05, 0) is 53.3 Å². The van der Waals surface area contributed by atoms with Gasteiger partial charge in [0.25, 0.3) is 5.91 Å². The summed E-state index contributed by atoms with van der Waals surface area (Å²) in [5.74, 6) is -0.0813. The van der Waals surface area contributed by atoms with Crippen molar-refractivity contribution in [2.75, 3.05) is 13.1 Å². The number of carbonyl (C=O) groups excluding carboxylic acids is 1. The zero-order chi connectivity index (χ0) is 13.5. The van der Waals surface area contributed by atoms with Crippen molar-refractivity contribution in [2.24, 2.45) is 10.9 Å². The third-order valence-electron chi connectivity index (χ3n) is 2.35. The first-order valence-electron chi connectivity index (χ1n) is 5.59. The molecular weight excluding hydrogens is 345 g/mol. The minimum atomic E-state index is -0.111. The Bertz CT molecular complexity index is 431. The number of benzene rings is 1. The standard InChI is InChI=1S/C12H16IN3O2/c1-2-7-16(8-11(14)15-18)12(17)9-3-5-10(13)6-4-9/h3-6,18H,2,7-8H2,1H3,(H2,14,15). The molecule has 0 atom stereocenters. The second kappa shape index (κ2) is 7.20. The number of nitrogens with zero attached hydrogens (tertiary/aromatic N) is 2. The number of hydrogen-bond acceptors (Lipinski definition) is 3. The van der Waals surface area contributed by atoms with Crippen molar-refractivity contribution in [3.63, 3.8) is 0 Å². The number of nitrogens with two attached hydrogens (primary N) is 1. The van der Waals surface area contributed by atoms with Gasteiger partial charge in [-0.2, -0.15) is 0 Å². The molecule has 0 spiro atoms. The van der Waals surface area contributed by atoms with E-state index in [2.05, 4.69) is 27.7 Å². The Kier molecular flexibility index (Phi) is 5.90. The van der Waals surface area contributed by atoms with Crippen LogP contribution in [0.1, 0.15) is 23.7 Å². The summed E-state index contributed by atoms with van der Waals surface area (Å²) >= 11 is 2.18. The molecule has 1 rings (SSSR count). The van der Waals surface area contributed by atoms with E-state index in [1.807, 2.05) is 19.1 Å². The van der Waals surface area contributed by atoms with E-state index >= 15 is 0 Å². The molecule has 0 saturated carbocycles. The Balaban J connectivity index is 2.85. The monoisotopic (exact) mass is 361 g/mol. The zero-order valence-corrected chi connectivity index (χ0v) is 12.3. The molecule has 5 nitrogen and oxygen atoms in total. The van der Waals surface area contributed by atoms with E-state index < -0.39 is 0 Å². The molecular formula is C12H16IN3O2. The summed E-state index contributed by atoms with van der Waals surface area (Å²) in [4.78, 5) is 13.8. The second-order valence-corrected chi connectivity index (χ2v) is 5.07. The van der Waals surface area contributed by atoms with Crippen LogP contribution in [0.2, 0.25) is 0 Å². The molecule has 0 unspecified atom stereocenters. The van der Waals surface area contributed by atoms with Crippen LogP contribution in [0.5, 0.6) is 0 Å². The number of hydrogen-bond donors (Lipinski definition) is 2. The highest BCUT2D eigenvalue weighted by Crippen LogP contribution is 2.09. The van der Waals surface area contributed by atoms with Gasteiger partial charge in [-0.1, -0.05) is 12.1 Å². The number of oxime groups is 1. The third kappa shape index (κ3) is 4.17. The van der Waals surface area contributed by atoms with E-state index in [-0.39, 0.29) is 18.3 Å². The average Bonchev–Trinajstić information content (AvgIpc) is 2.38. The van der Waals surface area contributed by atoms with Crippen molar-refractivity contribution in [1.29, 1.82) is 0 Å². The van der Waals surface area contributed by atoms with E-state index in [0.29, 0.717) is 12.1 Å². The number of rotatable bonds is 5. The maximum Gasteiger partial charge on any atom is 0.254 e. The highest BCUT2D eigenvalue weighted by atomic mass is 127. The smallest absolute Gasteiger partial charge is 0.254 e. The average molecular weight is 361 g/mol. The molecule has 0 aliphatic heterocycles. The Morgan fingerprint density at radius 1 is 1.44 bits per heavy atom. The van der Waals surface area contributed by atoms with Crippen LogP contribution in [0.25, 0.3) is 0 Å². The molecule has 0 aliphatic rings. The normalized spacial score (nSPS) is 11.3. The molecule has 0 aromatic heterocycles. The number of amides is 1. The number of amidine groups is 1. The molecule has 0 radical (unpaired) electrons. The van der Waals surface area contributed by atoms with Crippen LogP contribution >= 0.6 is 22.6 Å². The summed E-state index contributed by atoms with van der Waals surface area (Å²) in [7, 11) is 0. The summed E-state index contributed by atoms with van der Waals surface area (Å²) < 4.78 is 1.07. The minimum Gasteiger partial charge on any atom is -0.409 e. The van der Waals surface area contributed by atoms with Crippen LogP contribution in [0, 0.1) is 3.57 Å². The molecule has 0 fully saturated rings. The van der Waals surface area contributed by atoms with E-state index in [0.717, 1.165) is 9.99 Å². The van der Waals surface area contributed by atoms with Crippen LogP contribution in [-0.2, 0) is 0 Å². The fourth-order valence-corrected chi connectivity index (χ4v) is 1.88. The number of carbonyl (C=O) groups is 1. The van der Waals surface area contributed by atoms with Gasteiger partial charge in [0, 0.05) is 15.7 Å². The molecule has 0 heterocycles. The predicted molar refractivity (Wildman–Crippen MR) is 78.8 cm³/mol. The van der Waals surface area contributed by atoms with Crippen molar-refractivity contribution in [1.82, 2.24) is 4.90 Å². The van der Waals surface area contributed by atoms with Crippen LogP contribution in [-0.4, -0.2) is 34.9 Å². The van der Waals surface area contributed by atoms with Crippen LogP contribution in [0.15, 0.2) is 29.4 Å². The molecule has 1 amide bonds. The fourth-order valence-electron chi connectivity index (χ4n) is 1.52. The summed E-state index contributed by atoms with van der Waals surface area (Å²) in [5.41, 5.74) is 6.06. The van der Waals surface area contributed by atoms with Crippen molar-refractivity contribution in [2.45, 2.75) is 13.3 Å². The van der Waals surface area contributed by atoms with E-state index in [1.54, 1.807) is 17.0 Å². The third-order valence-corrected chi connectivity index (χ3v) is 3.07. The predicted octanol–water partition coefficient (Wildman–Crippen LogP) is 1.89. The Morgan fingerprint density at radius 2 is 2.06 bits per heavy atom. The molecule has 1 aromatic rings. The lowest BCUT2D eigenvalue weighted by Gasteiger charge is -2.21. The Hall–Kier alpha value is -1.31. The molecule has 1 aromatic carbocycles.